The summed E-state index contributed by atoms with van der Waals surface area (Å²) in [6.45, 7) is 0. The second-order valence-corrected chi connectivity index (χ2v) is 6.49. The van der Waals surface area contributed by atoms with Gasteiger partial charge in [0.15, 0.2) is 5.78 Å². The monoisotopic (exact) mass is 236 g/mol. The maximum atomic E-state index is 12.3. The van der Waals surface area contributed by atoms with Gasteiger partial charge in [-0.3, -0.25) is 4.79 Å². The smallest absolute Gasteiger partial charge is 0.183 e. The molecule has 2 bridgehead atoms. The summed E-state index contributed by atoms with van der Waals surface area (Å²) in [7, 11) is 1.90. The molecule has 0 aliphatic carbocycles. The fourth-order valence-electron chi connectivity index (χ4n) is 2.88. The molecule has 2 atom stereocenters. The molecule has 3 heterocycles. The number of imidazole rings is 1. The van der Waals surface area contributed by atoms with Crippen LogP contribution in [0.2, 0.25) is 0 Å². The molecule has 3 rings (SSSR count). The van der Waals surface area contributed by atoms with Gasteiger partial charge in [-0.15, -0.1) is 0 Å². The molecule has 2 unspecified atom stereocenters. The minimum absolute atomic E-state index is 0.245. The van der Waals surface area contributed by atoms with E-state index in [0.717, 1.165) is 29.0 Å². The van der Waals surface area contributed by atoms with Crippen LogP contribution in [0.5, 0.6) is 0 Å². The highest BCUT2D eigenvalue weighted by Gasteiger charge is 2.38. The van der Waals surface area contributed by atoms with Gasteiger partial charge in [-0.2, -0.15) is 11.8 Å². The molecule has 0 spiro atoms. The summed E-state index contributed by atoms with van der Waals surface area (Å²) in [5.74, 6) is 0.548. The van der Waals surface area contributed by atoms with Crippen molar-refractivity contribution in [2.24, 2.45) is 13.0 Å². The second-order valence-electron chi connectivity index (χ2n) is 4.88. The van der Waals surface area contributed by atoms with Gasteiger partial charge in [0.2, 0.25) is 0 Å². The van der Waals surface area contributed by atoms with E-state index in [1.54, 1.807) is 12.5 Å². The highest BCUT2D eigenvalue weighted by atomic mass is 32.2. The average Bonchev–Trinajstić information content (AvgIpc) is 2.84. The van der Waals surface area contributed by atoms with Crippen LogP contribution in [0.4, 0.5) is 0 Å². The third-order valence-corrected chi connectivity index (χ3v) is 5.36. The first-order chi connectivity index (χ1) is 7.74. The van der Waals surface area contributed by atoms with Crippen molar-refractivity contribution in [2.45, 2.75) is 36.2 Å². The lowest BCUT2D eigenvalue weighted by Crippen LogP contribution is -2.26. The number of Topliss-reactive ketones (excluding diaryl/α,β-unsaturated/α-hetero) is 1. The molecule has 4 heteroatoms. The second kappa shape index (κ2) is 3.91. The van der Waals surface area contributed by atoms with Crippen molar-refractivity contribution in [3.63, 3.8) is 0 Å². The number of hydrogen-bond donors (Lipinski definition) is 0. The van der Waals surface area contributed by atoms with E-state index in [0.29, 0.717) is 5.78 Å². The van der Waals surface area contributed by atoms with Crippen molar-refractivity contribution < 1.29 is 4.79 Å². The maximum Gasteiger partial charge on any atom is 0.183 e. The van der Waals surface area contributed by atoms with E-state index in [4.69, 9.17) is 0 Å². The average molecular weight is 236 g/mol. The Balaban J connectivity index is 1.79. The van der Waals surface area contributed by atoms with Crippen LogP contribution in [0, 0.1) is 5.92 Å². The van der Waals surface area contributed by atoms with Gasteiger partial charge in [-0.25, -0.2) is 4.98 Å². The molecule has 0 aromatic carbocycles. The molecule has 2 aliphatic rings. The Morgan fingerprint density at radius 1 is 1.44 bits per heavy atom. The zero-order valence-corrected chi connectivity index (χ0v) is 10.2. The van der Waals surface area contributed by atoms with E-state index < -0.39 is 0 Å². The number of carbonyl (C=O) groups excluding carboxylic acids is 1. The molecule has 2 saturated heterocycles. The zero-order chi connectivity index (χ0) is 11.1. The summed E-state index contributed by atoms with van der Waals surface area (Å²) in [6, 6.07) is 0. The normalized spacial score (nSPS) is 32.9. The number of fused-ring (bicyclic) bond motifs is 2. The third-order valence-electron chi connectivity index (χ3n) is 3.73. The first kappa shape index (κ1) is 10.4. The summed E-state index contributed by atoms with van der Waals surface area (Å²) in [4.78, 5) is 16.4. The van der Waals surface area contributed by atoms with Gasteiger partial charge >= 0.3 is 0 Å². The SMILES string of the molecule is Cn1cncc1C(=O)C1CC2CCC(C1)S2. The number of ketones is 1. The molecule has 0 N–H and O–H groups in total. The van der Waals surface area contributed by atoms with E-state index in [2.05, 4.69) is 16.7 Å². The number of carbonyl (C=O) groups is 1. The van der Waals surface area contributed by atoms with Crippen LogP contribution >= 0.6 is 11.8 Å². The van der Waals surface area contributed by atoms with E-state index in [-0.39, 0.29) is 5.92 Å². The lowest BCUT2D eigenvalue weighted by Gasteiger charge is -2.26. The number of rotatable bonds is 2. The molecule has 2 aliphatic heterocycles. The van der Waals surface area contributed by atoms with E-state index in [9.17, 15) is 4.79 Å². The minimum atomic E-state index is 0.245. The summed E-state index contributed by atoms with van der Waals surface area (Å²) >= 11 is 2.10. The van der Waals surface area contributed by atoms with Crippen molar-refractivity contribution in [2.75, 3.05) is 0 Å². The molecule has 16 heavy (non-hydrogen) atoms. The molecule has 0 radical (unpaired) electrons. The number of thioether (sulfide) groups is 1. The van der Waals surface area contributed by atoms with E-state index in [1.807, 2.05) is 11.6 Å². The van der Waals surface area contributed by atoms with Crippen molar-refractivity contribution in [1.29, 1.82) is 0 Å². The van der Waals surface area contributed by atoms with Gasteiger partial charge in [0.1, 0.15) is 5.69 Å². The van der Waals surface area contributed by atoms with Crippen molar-refractivity contribution in [3.05, 3.63) is 18.2 Å². The molecular weight excluding hydrogens is 220 g/mol. The van der Waals surface area contributed by atoms with Crippen LogP contribution in [0.15, 0.2) is 12.5 Å². The third kappa shape index (κ3) is 1.69. The Kier molecular flexibility index (Phi) is 2.54. The van der Waals surface area contributed by atoms with Gasteiger partial charge < -0.3 is 4.57 Å². The van der Waals surface area contributed by atoms with Crippen LogP contribution in [0.1, 0.15) is 36.2 Å². The van der Waals surface area contributed by atoms with Gasteiger partial charge in [0.25, 0.3) is 0 Å². The van der Waals surface area contributed by atoms with Gasteiger partial charge in [-0.1, -0.05) is 0 Å². The summed E-state index contributed by atoms with van der Waals surface area (Å²) in [5.41, 5.74) is 0.774. The maximum absolute atomic E-state index is 12.3. The number of aryl methyl sites for hydroxylation is 1. The largest absolute Gasteiger partial charge is 0.331 e. The molecule has 1 aromatic heterocycles. The quantitative estimate of drug-likeness (QED) is 0.739. The highest BCUT2D eigenvalue weighted by Crippen LogP contribution is 2.46. The minimum Gasteiger partial charge on any atom is -0.331 e. The first-order valence-electron chi connectivity index (χ1n) is 5.90. The Morgan fingerprint density at radius 3 is 2.69 bits per heavy atom. The summed E-state index contributed by atoms with van der Waals surface area (Å²) < 4.78 is 1.84. The van der Waals surface area contributed by atoms with Crippen LogP contribution in [0.3, 0.4) is 0 Å². The lowest BCUT2D eigenvalue weighted by molar-refractivity contribution is 0.0898. The zero-order valence-electron chi connectivity index (χ0n) is 9.43. The van der Waals surface area contributed by atoms with Crippen LogP contribution in [-0.2, 0) is 7.05 Å². The Bertz CT molecular complexity index is 403. The van der Waals surface area contributed by atoms with Crippen molar-refractivity contribution >= 4 is 17.5 Å². The number of hydrogen-bond acceptors (Lipinski definition) is 3. The van der Waals surface area contributed by atoms with Crippen molar-refractivity contribution in [3.8, 4) is 0 Å². The Labute approximate surface area is 99.6 Å². The van der Waals surface area contributed by atoms with E-state index in [1.165, 1.54) is 12.8 Å². The Hall–Kier alpha value is -0.770. The first-order valence-corrected chi connectivity index (χ1v) is 6.84. The molecule has 0 amide bonds. The van der Waals surface area contributed by atoms with Crippen LogP contribution in [-0.4, -0.2) is 25.8 Å². The predicted molar refractivity (Wildman–Crippen MR) is 64.7 cm³/mol. The number of aromatic nitrogens is 2. The van der Waals surface area contributed by atoms with Gasteiger partial charge in [0, 0.05) is 23.5 Å². The predicted octanol–water partition coefficient (Wildman–Crippen LogP) is 2.28. The summed E-state index contributed by atoms with van der Waals surface area (Å²) in [5, 5.41) is 1.47. The molecule has 86 valence electrons. The molecule has 2 fully saturated rings. The Morgan fingerprint density at radius 2 is 2.12 bits per heavy atom. The van der Waals surface area contributed by atoms with Crippen molar-refractivity contribution in [1.82, 2.24) is 9.55 Å². The summed E-state index contributed by atoms with van der Waals surface area (Å²) in [6.07, 6.45) is 8.18. The number of nitrogens with zero attached hydrogens (tertiary/aromatic N) is 2. The molecule has 3 nitrogen and oxygen atoms in total. The lowest BCUT2D eigenvalue weighted by atomic mass is 9.93. The molecule has 1 aromatic rings. The molecule has 0 saturated carbocycles. The van der Waals surface area contributed by atoms with Gasteiger partial charge in [-0.05, 0) is 25.7 Å². The fourth-order valence-corrected chi connectivity index (χ4v) is 4.65. The van der Waals surface area contributed by atoms with E-state index >= 15 is 0 Å². The fraction of sp³-hybridized carbons (Fsp3) is 0.667. The van der Waals surface area contributed by atoms with Crippen LogP contribution < -0.4 is 0 Å². The highest BCUT2D eigenvalue weighted by molar-refractivity contribution is 8.00. The van der Waals surface area contributed by atoms with Gasteiger partial charge in [0.05, 0.1) is 12.5 Å². The van der Waals surface area contributed by atoms with Crippen LogP contribution in [0.25, 0.3) is 0 Å². The standard InChI is InChI=1S/C12H16N2OS/c1-14-7-13-6-11(14)12(15)8-4-9-2-3-10(5-8)16-9/h6-10H,2-5H2,1H3. The topological polar surface area (TPSA) is 34.9 Å². The molecular formula is C12H16N2OS.